The van der Waals surface area contributed by atoms with Crippen molar-refractivity contribution in [3.8, 4) is 28.5 Å². The lowest BCUT2D eigenvalue weighted by Crippen LogP contribution is -1.92. The largest absolute Gasteiger partial charge is 0.506 e. The van der Waals surface area contributed by atoms with Crippen LogP contribution in [0.5, 0.6) is 17.2 Å². The van der Waals surface area contributed by atoms with Crippen molar-refractivity contribution in [1.29, 1.82) is 0 Å². The standard InChI is InChI=1S/C21H16N2O3S/c22-15-8-12(6-7-17(15)24)20-21(27-13-4-2-1-3-5-13)14-9-18-19(26-11-25-18)10-16(14)23-20/h1-10,23-24H,11,22H2. The number of aromatic nitrogens is 1. The number of aromatic hydroxyl groups is 1. The van der Waals surface area contributed by atoms with Crippen LogP contribution in [0.3, 0.4) is 0 Å². The Bertz CT molecular complexity index is 1160. The summed E-state index contributed by atoms with van der Waals surface area (Å²) in [4.78, 5) is 5.68. The molecule has 0 atom stereocenters. The van der Waals surface area contributed by atoms with Gasteiger partial charge in [0.1, 0.15) is 5.75 Å². The van der Waals surface area contributed by atoms with Gasteiger partial charge in [0, 0.05) is 26.8 Å². The molecule has 1 aliphatic heterocycles. The Morgan fingerprint density at radius 2 is 1.74 bits per heavy atom. The van der Waals surface area contributed by atoms with Crippen LogP contribution < -0.4 is 15.2 Å². The fraction of sp³-hybridized carbons (Fsp3) is 0.0476. The summed E-state index contributed by atoms with van der Waals surface area (Å²) in [5, 5.41) is 10.8. The fourth-order valence-electron chi connectivity index (χ4n) is 3.19. The van der Waals surface area contributed by atoms with Gasteiger partial charge in [-0.25, -0.2) is 0 Å². The number of nitrogen functional groups attached to an aromatic ring is 1. The molecule has 0 saturated heterocycles. The zero-order valence-electron chi connectivity index (χ0n) is 14.2. The Hall–Kier alpha value is -3.25. The molecule has 6 heteroatoms. The highest BCUT2D eigenvalue weighted by Gasteiger charge is 2.21. The minimum Gasteiger partial charge on any atom is -0.506 e. The highest BCUT2D eigenvalue weighted by molar-refractivity contribution is 7.99. The molecular formula is C21H16N2O3S. The number of hydrogen-bond donors (Lipinski definition) is 3. The fourth-order valence-corrected chi connectivity index (χ4v) is 4.26. The van der Waals surface area contributed by atoms with Crippen LogP contribution >= 0.6 is 11.8 Å². The molecule has 0 spiro atoms. The zero-order valence-corrected chi connectivity index (χ0v) is 15.0. The quantitative estimate of drug-likeness (QED) is 0.346. The van der Waals surface area contributed by atoms with Gasteiger partial charge in [0.2, 0.25) is 6.79 Å². The van der Waals surface area contributed by atoms with Crippen molar-refractivity contribution >= 4 is 28.4 Å². The van der Waals surface area contributed by atoms with Crippen molar-refractivity contribution in [3.05, 3.63) is 60.7 Å². The Morgan fingerprint density at radius 3 is 2.52 bits per heavy atom. The molecule has 0 amide bonds. The molecule has 0 unspecified atom stereocenters. The van der Waals surface area contributed by atoms with Crippen LogP contribution in [0.4, 0.5) is 5.69 Å². The van der Waals surface area contributed by atoms with Crippen LogP contribution in [-0.2, 0) is 0 Å². The van der Waals surface area contributed by atoms with Crippen LogP contribution in [0.2, 0.25) is 0 Å². The van der Waals surface area contributed by atoms with E-state index in [0.29, 0.717) is 5.69 Å². The molecule has 3 aromatic carbocycles. The van der Waals surface area contributed by atoms with E-state index in [0.717, 1.165) is 43.5 Å². The molecule has 5 nitrogen and oxygen atoms in total. The lowest BCUT2D eigenvalue weighted by Gasteiger charge is -2.07. The van der Waals surface area contributed by atoms with Gasteiger partial charge >= 0.3 is 0 Å². The number of aromatic amines is 1. The van der Waals surface area contributed by atoms with Gasteiger partial charge in [-0.2, -0.15) is 0 Å². The summed E-state index contributed by atoms with van der Waals surface area (Å²) in [6.07, 6.45) is 0. The molecule has 0 aliphatic carbocycles. The van der Waals surface area contributed by atoms with Crippen molar-refractivity contribution in [2.45, 2.75) is 9.79 Å². The average molecular weight is 376 g/mol. The number of nitrogens with one attached hydrogen (secondary N) is 1. The van der Waals surface area contributed by atoms with Gasteiger partial charge in [-0.05, 0) is 36.4 Å². The first kappa shape index (κ1) is 16.0. The number of hydrogen-bond acceptors (Lipinski definition) is 5. The maximum atomic E-state index is 9.77. The molecule has 134 valence electrons. The molecule has 2 heterocycles. The van der Waals surface area contributed by atoms with E-state index in [2.05, 4.69) is 17.1 Å². The molecule has 1 aromatic heterocycles. The van der Waals surface area contributed by atoms with Gasteiger partial charge < -0.3 is 25.3 Å². The summed E-state index contributed by atoms with van der Waals surface area (Å²) in [6.45, 7) is 0.241. The normalized spacial score (nSPS) is 12.6. The molecule has 4 aromatic rings. The van der Waals surface area contributed by atoms with Gasteiger partial charge in [0.05, 0.1) is 16.9 Å². The maximum absolute atomic E-state index is 9.77. The van der Waals surface area contributed by atoms with E-state index in [-0.39, 0.29) is 12.5 Å². The van der Waals surface area contributed by atoms with E-state index in [4.69, 9.17) is 15.2 Å². The summed E-state index contributed by atoms with van der Waals surface area (Å²) in [6, 6.07) is 19.4. The number of rotatable bonds is 3. The Balaban J connectivity index is 1.73. The van der Waals surface area contributed by atoms with E-state index in [1.54, 1.807) is 23.9 Å². The number of ether oxygens (including phenoxy) is 2. The van der Waals surface area contributed by atoms with Gasteiger partial charge in [0.25, 0.3) is 0 Å². The third kappa shape index (κ3) is 2.74. The van der Waals surface area contributed by atoms with Gasteiger partial charge in [-0.3, -0.25) is 0 Å². The monoisotopic (exact) mass is 376 g/mol. The van der Waals surface area contributed by atoms with Crippen LogP contribution in [0.25, 0.3) is 22.2 Å². The predicted molar refractivity (Wildman–Crippen MR) is 106 cm³/mol. The van der Waals surface area contributed by atoms with Crippen molar-refractivity contribution < 1.29 is 14.6 Å². The summed E-state index contributed by atoms with van der Waals surface area (Å²) in [5.74, 6) is 1.55. The minimum absolute atomic E-state index is 0.0768. The molecule has 0 saturated carbocycles. The highest BCUT2D eigenvalue weighted by Crippen LogP contribution is 2.46. The van der Waals surface area contributed by atoms with Crippen molar-refractivity contribution in [3.63, 3.8) is 0 Å². The van der Waals surface area contributed by atoms with E-state index < -0.39 is 0 Å². The maximum Gasteiger partial charge on any atom is 0.231 e. The molecule has 0 bridgehead atoms. The summed E-state index contributed by atoms with van der Waals surface area (Å²) >= 11 is 1.67. The number of anilines is 1. The van der Waals surface area contributed by atoms with E-state index in [1.165, 1.54) is 0 Å². The first-order valence-electron chi connectivity index (χ1n) is 8.46. The predicted octanol–water partition coefficient (Wildman–Crippen LogP) is 5.00. The van der Waals surface area contributed by atoms with Gasteiger partial charge in [-0.15, -0.1) is 0 Å². The first-order valence-corrected chi connectivity index (χ1v) is 9.28. The van der Waals surface area contributed by atoms with Crippen LogP contribution in [-0.4, -0.2) is 16.9 Å². The number of H-pyrrole nitrogens is 1. The lowest BCUT2D eigenvalue weighted by atomic mass is 10.1. The summed E-state index contributed by atoms with van der Waals surface area (Å²) in [5.41, 5.74) is 9.07. The minimum atomic E-state index is 0.0768. The van der Waals surface area contributed by atoms with E-state index in [1.807, 2.05) is 36.4 Å². The topological polar surface area (TPSA) is 80.5 Å². The van der Waals surface area contributed by atoms with Crippen LogP contribution in [0.15, 0.2) is 70.5 Å². The van der Waals surface area contributed by atoms with Crippen molar-refractivity contribution in [1.82, 2.24) is 4.98 Å². The number of fused-ring (bicyclic) bond motifs is 2. The summed E-state index contributed by atoms with van der Waals surface area (Å²) in [7, 11) is 0. The van der Waals surface area contributed by atoms with Crippen LogP contribution in [0, 0.1) is 0 Å². The summed E-state index contributed by atoms with van der Waals surface area (Å²) < 4.78 is 11.1. The Labute approximate surface area is 159 Å². The molecule has 0 radical (unpaired) electrons. The molecular weight excluding hydrogens is 360 g/mol. The second kappa shape index (κ2) is 6.17. The van der Waals surface area contributed by atoms with Crippen molar-refractivity contribution in [2.75, 3.05) is 12.5 Å². The third-order valence-electron chi connectivity index (χ3n) is 4.52. The Morgan fingerprint density at radius 1 is 0.963 bits per heavy atom. The van der Waals surface area contributed by atoms with E-state index in [9.17, 15) is 5.11 Å². The average Bonchev–Trinajstić information content (AvgIpc) is 3.27. The number of nitrogens with two attached hydrogens (primary N) is 1. The van der Waals surface area contributed by atoms with Crippen molar-refractivity contribution in [2.24, 2.45) is 0 Å². The molecule has 5 rings (SSSR count). The smallest absolute Gasteiger partial charge is 0.231 e. The zero-order chi connectivity index (χ0) is 18.4. The molecule has 4 N–H and O–H groups in total. The molecule has 27 heavy (non-hydrogen) atoms. The third-order valence-corrected chi connectivity index (χ3v) is 5.66. The SMILES string of the molecule is Nc1cc(-c2[nH]c3cc4c(cc3c2Sc2ccccc2)OCO4)ccc1O. The highest BCUT2D eigenvalue weighted by atomic mass is 32.2. The van der Waals surface area contributed by atoms with Crippen LogP contribution in [0.1, 0.15) is 0 Å². The van der Waals surface area contributed by atoms with Gasteiger partial charge in [-0.1, -0.05) is 30.0 Å². The number of phenolic OH excluding ortho intramolecular Hbond substituents is 1. The number of benzene rings is 3. The lowest BCUT2D eigenvalue weighted by molar-refractivity contribution is 0.174. The molecule has 0 fully saturated rings. The second-order valence-corrected chi connectivity index (χ2v) is 7.35. The first-order chi connectivity index (χ1) is 13.2. The Kier molecular flexibility index (Phi) is 3.65. The number of phenols is 1. The van der Waals surface area contributed by atoms with E-state index >= 15 is 0 Å². The molecule has 1 aliphatic rings. The van der Waals surface area contributed by atoms with Gasteiger partial charge in [0.15, 0.2) is 11.5 Å². The second-order valence-electron chi connectivity index (χ2n) is 6.27.